The Morgan fingerprint density at radius 3 is 2.05 bits per heavy atom. The number of benzene rings is 2. The van der Waals surface area contributed by atoms with Gasteiger partial charge in [0.1, 0.15) is 10.6 Å². The Balaban J connectivity index is 2.26. The van der Waals surface area contributed by atoms with Crippen molar-refractivity contribution in [2.75, 3.05) is 0 Å². The standard InChI is InChI=1S/C13H11NO5S/c1-10-2-6-12(7-3-10)19-20(17,18)13-8-4-11(5-9-13)14(15)16/h2-9H,1H3. The van der Waals surface area contributed by atoms with Crippen LogP contribution in [0.4, 0.5) is 5.69 Å². The van der Waals surface area contributed by atoms with Gasteiger partial charge in [-0.15, -0.1) is 0 Å². The van der Waals surface area contributed by atoms with Gasteiger partial charge in [-0.1, -0.05) is 17.7 Å². The molecule has 104 valence electrons. The zero-order valence-corrected chi connectivity index (χ0v) is 11.3. The van der Waals surface area contributed by atoms with E-state index in [1.165, 1.54) is 12.1 Å². The molecule has 0 saturated heterocycles. The summed E-state index contributed by atoms with van der Waals surface area (Å²) in [5.41, 5.74) is 0.796. The fourth-order valence-electron chi connectivity index (χ4n) is 1.50. The first kappa shape index (κ1) is 14.0. The monoisotopic (exact) mass is 293 g/mol. The van der Waals surface area contributed by atoms with Gasteiger partial charge in [0.2, 0.25) is 0 Å². The minimum absolute atomic E-state index is 0.135. The van der Waals surface area contributed by atoms with Gasteiger partial charge in [0.05, 0.1) is 4.92 Å². The van der Waals surface area contributed by atoms with Crippen LogP contribution in [0.3, 0.4) is 0 Å². The molecule has 0 saturated carbocycles. The Bertz CT molecular complexity index is 720. The van der Waals surface area contributed by atoms with Crippen LogP contribution in [0.1, 0.15) is 5.56 Å². The van der Waals surface area contributed by atoms with E-state index in [0.29, 0.717) is 0 Å². The SMILES string of the molecule is Cc1ccc(OS(=O)(=O)c2ccc([N+](=O)[O-])cc2)cc1. The Kier molecular flexibility index (Phi) is 3.71. The summed E-state index contributed by atoms with van der Waals surface area (Å²) in [5.74, 6) is 0.189. The summed E-state index contributed by atoms with van der Waals surface area (Å²) in [4.78, 5) is 9.77. The zero-order valence-electron chi connectivity index (χ0n) is 10.5. The summed E-state index contributed by atoms with van der Waals surface area (Å²) < 4.78 is 28.9. The smallest absolute Gasteiger partial charge is 0.339 e. The Hall–Kier alpha value is -2.41. The first-order valence-corrected chi connectivity index (χ1v) is 7.05. The van der Waals surface area contributed by atoms with Crippen molar-refractivity contribution in [3.05, 3.63) is 64.2 Å². The van der Waals surface area contributed by atoms with Crippen LogP contribution in [-0.2, 0) is 10.1 Å². The van der Waals surface area contributed by atoms with E-state index in [9.17, 15) is 18.5 Å². The van der Waals surface area contributed by atoms with Crippen molar-refractivity contribution in [2.45, 2.75) is 11.8 Å². The Morgan fingerprint density at radius 1 is 1.00 bits per heavy atom. The van der Waals surface area contributed by atoms with Crippen molar-refractivity contribution in [3.8, 4) is 5.75 Å². The number of nitrogens with zero attached hydrogens (tertiary/aromatic N) is 1. The van der Waals surface area contributed by atoms with Gasteiger partial charge in [0.25, 0.3) is 5.69 Å². The molecule has 2 aromatic rings. The summed E-state index contributed by atoms with van der Waals surface area (Å²) in [6, 6.07) is 11.0. The highest BCUT2D eigenvalue weighted by atomic mass is 32.2. The second-order valence-electron chi connectivity index (χ2n) is 4.10. The van der Waals surface area contributed by atoms with Gasteiger partial charge in [-0.2, -0.15) is 8.42 Å². The molecule has 0 aliphatic heterocycles. The molecule has 0 spiro atoms. The van der Waals surface area contributed by atoms with Crippen LogP contribution in [0.15, 0.2) is 53.4 Å². The molecule has 0 aromatic heterocycles. The zero-order chi connectivity index (χ0) is 14.8. The van der Waals surface area contributed by atoms with Gasteiger partial charge in [-0.25, -0.2) is 0 Å². The predicted molar refractivity (Wildman–Crippen MR) is 72.1 cm³/mol. The molecule has 0 N–H and O–H groups in total. The third-order valence-electron chi connectivity index (χ3n) is 2.56. The van der Waals surface area contributed by atoms with Crippen molar-refractivity contribution < 1.29 is 17.5 Å². The number of non-ortho nitro benzene ring substituents is 1. The lowest BCUT2D eigenvalue weighted by Gasteiger charge is -2.06. The molecule has 0 unspecified atom stereocenters. The molecule has 2 rings (SSSR count). The Morgan fingerprint density at radius 2 is 1.55 bits per heavy atom. The molecule has 0 aliphatic carbocycles. The Labute approximate surface area is 115 Å². The molecule has 0 atom stereocenters. The second kappa shape index (κ2) is 5.30. The lowest BCUT2D eigenvalue weighted by Crippen LogP contribution is -2.09. The van der Waals surface area contributed by atoms with Crippen LogP contribution in [-0.4, -0.2) is 13.3 Å². The van der Waals surface area contributed by atoms with E-state index in [4.69, 9.17) is 4.18 Å². The van der Waals surface area contributed by atoms with Gasteiger partial charge in [-0.3, -0.25) is 10.1 Å². The van der Waals surface area contributed by atoms with Crippen LogP contribution in [0.25, 0.3) is 0 Å². The van der Waals surface area contributed by atoms with Gasteiger partial charge in [0.15, 0.2) is 0 Å². The number of hydrogen-bond donors (Lipinski definition) is 0. The molecule has 6 nitrogen and oxygen atoms in total. The summed E-state index contributed by atoms with van der Waals surface area (Å²) in [5, 5.41) is 10.5. The molecular weight excluding hydrogens is 282 g/mol. The molecule has 0 aliphatic rings. The highest BCUT2D eigenvalue weighted by molar-refractivity contribution is 7.87. The molecule has 0 bridgehead atoms. The summed E-state index contributed by atoms with van der Waals surface area (Å²) in [6.45, 7) is 1.87. The van der Waals surface area contributed by atoms with Crippen LogP contribution in [0, 0.1) is 17.0 Å². The lowest BCUT2D eigenvalue weighted by atomic mass is 10.2. The third-order valence-corrected chi connectivity index (χ3v) is 3.82. The molecular formula is C13H11NO5S. The third kappa shape index (κ3) is 3.12. The summed E-state index contributed by atoms with van der Waals surface area (Å²) >= 11 is 0. The fraction of sp³-hybridized carbons (Fsp3) is 0.0769. The van der Waals surface area contributed by atoms with Crippen LogP contribution in [0.2, 0.25) is 0 Å². The maximum atomic E-state index is 12.0. The number of aryl methyl sites for hydroxylation is 1. The van der Waals surface area contributed by atoms with Crippen molar-refractivity contribution in [2.24, 2.45) is 0 Å². The number of nitro benzene ring substituents is 1. The van der Waals surface area contributed by atoms with Crippen LogP contribution < -0.4 is 4.18 Å². The van der Waals surface area contributed by atoms with Gasteiger partial charge in [0, 0.05) is 12.1 Å². The van der Waals surface area contributed by atoms with Crippen molar-refractivity contribution in [1.82, 2.24) is 0 Å². The molecule has 0 fully saturated rings. The normalized spacial score (nSPS) is 11.1. The van der Waals surface area contributed by atoms with Crippen LogP contribution >= 0.6 is 0 Å². The average Bonchev–Trinajstić information content (AvgIpc) is 2.41. The molecule has 0 amide bonds. The average molecular weight is 293 g/mol. The summed E-state index contributed by atoms with van der Waals surface area (Å²) in [6.07, 6.45) is 0. The van der Waals surface area contributed by atoms with E-state index in [1.54, 1.807) is 12.1 Å². The van der Waals surface area contributed by atoms with Gasteiger partial charge < -0.3 is 4.18 Å². The number of hydrogen-bond acceptors (Lipinski definition) is 5. The minimum atomic E-state index is -3.99. The fourth-order valence-corrected chi connectivity index (χ4v) is 2.43. The minimum Gasteiger partial charge on any atom is -0.379 e. The lowest BCUT2D eigenvalue weighted by molar-refractivity contribution is -0.384. The van der Waals surface area contributed by atoms with E-state index in [1.807, 2.05) is 6.92 Å². The molecule has 20 heavy (non-hydrogen) atoms. The summed E-state index contributed by atoms with van der Waals surface area (Å²) in [7, 11) is -3.99. The quantitative estimate of drug-likeness (QED) is 0.491. The topological polar surface area (TPSA) is 86.5 Å². The van der Waals surface area contributed by atoms with Crippen molar-refractivity contribution in [1.29, 1.82) is 0 Å². The molecule has 0 radical (unpaired) electrons. The largest absolute Gasteiger partial charge is 0.379 e. The highest BCUT2D eigenvalue weighted by Gasteiger charge is 2.18. The predicted octanol–water partition coefficient (Wildman–Crippen LogP) is 2.67. The van der Waals surface area contributed by atoms with Gasteiger partial charge >= 0.3 is 10.1 Å². The first-order valence-electron chi connectivity index (χ1n) is 5.64. The number of nitro groups is 1. The highest BCUT2D eigenvalue weighted by Crippen LogP contribution is 2.21. The van der Waals surface area contributed by atoms with Crippen molar-refractivity contribution >= 4 is 15.8 Å². The van der Waals surface area contributed by atoms with E-state index in [0.717, 1.165) is 29.8 Å². The van der Waals surface area contributed by atoms with E-state index in [-0.39, 0.29) is 16.3 Å². The number of rotatable bonds is 4. The molecule has 0 heterocycles. The molecule has 2 aromatic carbocycles. The van der Waals surface area contributed by atoms with E-state index < -0.39 is 15.0 Å². The van der Waals surface area contributed by atoms with Gasteiger partial charge in [-0.05, 0) is 31.2 Å². The van der Waals surface area contributed by atoms with E-state index >= 15 is 0 Å². The van der Waals surface area contributed by atoms with Crippen LogP contribution in [0.5, 0.6) is 5.75 Å². The maximum Gasteiger partial charge on any atom is 0.339 e. The van der Waals surface area contributed by atoms with Crippen molar-refractivity contribution in [3.63, 3.8) is 0 Å². The maximum absolute atomic E-state index is 12.0. The second-order valence-corrected chi connectivity index (χ2v) is 5.65. The first-order chi connectivity index (χ1) is 9.38. The molecule has 7 heteroatoms. The van der Waals surface area contributed by atoms with E-state index in [2.05, 4.69) is 0 Å².